The number of aliphatic hydroxyl groups excluding tert-OH is 2. The van der Waals surface area contributed by atoms with E-state index in [1.807, 2.05) is 0 Å². The number of rotatable bonds is 4. The zero-order valence-electron chi connectivity index (χ0n) is 32.6. The van der Waals surface area contributed by atoms with Crippen LogP contribution < -0.4 is 0 Å². The van der Waals surface area contributed by atoms with Crippen molar-refractivity contribution in [3.63, 3.8) is 0 Å². The highest BCUT2D eigenvalue weighted by Gasteiger charge is 2.58. The summed E-state index contributed by atoms with van der Waals surface area (Å²) in [6.45, 7) is 9.58. The van der Waals surface area contributed by atoms with Crippen LogP contribution in [0, 0.1) is 10.8 Å². The Bertz CT molecular complexity index is 1480. The van der Waals surface area contributed by atoms with Crippen molar-refractivity contribution in [3.05, 3.63) is 35.5 Å². The Kier molecular flexibility index (Phi) is 14.0. The summed E-state index contributed by atoms with van der Waals surface area (Å²) >= 11 is 0. The average molecular weight is 767 g/mol. The van der Waals surface area contributed by atoms with Crippen molar-refractivity contribution < 1.29 is 72.8 Å². The molecule has 0 radical (unpaired) electrons. The summed E-state index contributed by atoms with van der Waals surface area (Å²) in [5, 5.41) is 46.3. The quantitative estimate of drug-likeness (QED) is 0.140. The van der Waals surface area contributed by atoms with Crippen LogP contribution in [0.3, 0.4) is 0 Å². The molecule has 3 fully saturated rings. The molecule has 0 amide bonds. The number of carbonyl (C=O) groups is 4. The van der Waals surface area contributed by atoms with E-state index in [-0.39, 0.29) is 51.4 Å². The van der Waals surface area contributed by atoms with Crippen LogP contribution in [0.15, 0.2) is 35.5 Å². The molecule has 0 saturated carbocycles. The van der Waals surface area contributed by atoms with Gasteiger partial charge in [0, 0.05) is 56.6 Å². The molecule has 3 saturated heterocycles. The van der Waals surface area contributed by atoms with Gasteiger partial charge in [-0.3, -0.25) is 9.59 Å². The van der Waals surface area contributed by atoms with E-state index in [0.717, 1.165) is 0 Å². The molecule has 0 aromatic heterocycles. The van der Waals surface area contributed by atoms with E-state index in [1.165, 1.54) is 40.2 Å². The molecule has 4 N–H and O–H groups in total. The standard InChI is InChI=1S/C39H58O15/c1-22(40)31-18-28-13-25(15-34(44)49-8)20-38(46,53-28)36(3,4)10-9-27-11-24(14-33(43)48-7)12-30(51-27)21-39(47)37(5,6)32(50-23(2)41)19-29(54-39)16-26(42)17-35(45)52-31/h9-10,14-15,22,26-32,40,42,46-47H,11-13,16-21H2,1-8H3/b10-9+,24-14+,25-15+/t22-,26-,27+,28+,29?,30+,31-,32+,38-,39?/m1/s1. The van der Waals surface area contributed by atoms with Gasteiger partial charge in [0.25, 0.3) is 0 Å². The summed E-state index contributed by atoms with van der Waals surface area (Å²) in [6, 6.07) is 0. The average Bonchev–Trinajstić information content (AvgIpc) is 3.04. The van der Waals surface area contributed by atoms with Gasteiger partial charge in [-0.1, -0.05) is 51.0 Å². The summed E-state index contributed by atoms with van der Waals surface area (Å²) in [7, 11) is 2.51. The van der Waals surface area contributed by atoms with Crippen LogP contribution >= 0.6 is 0 Å². The molecule has 0 aliphatic carbocycles. The molecule has 304 valence electrons. The number of esters is 4. The van der Waals surface area contributed by atoms with E-state index < -0.39 is 102 Å². The lowest BCUT2D eigenvalue weighted by Crippen LogP contribution is -2.62. The van der Waals surface area contributed by atoms with Crippen LogP contribution in [-0.2, 0) is 52.3 Å². The fraction of sp³-hybridized carbons (Fsp3) is 0.744. The van der Waals surface area contributed by atoms with Crippen molar-refractivity contribution in [3.8, 4) is 0 Å². The lowest BCUT2D eigenvalue weighted by Gasteiger charge is -2.53. The minimum Gasteiger partial charge on any atom is -0.466 e. The third kappa shape index (κ3) is 10.6. The summed E-state index contributed by atoms with van der Waals surface area (Å²) in [5.41, 5.74) is -1.15. The molecule has 15 nitrogen and oxygen atoms in total. The first kappa shape index (κ1) is 43.5. The number of ether oxygens (including phenoxy) is 7. The smallest absolute Gasteiger partial charge is 0.330 e. The first-order chi connectivity index (χ1) is 25.1. The first-order valence-corrected chi connectivity index (χ1v) is 18.5. The van der Waals surface area contributed by atoms with Gasteiger partial charge in [-0.05, 0) is 26.2 Å². The number of methoxy groups -OCH3 is 2. The molecule has 4 aliphatic rings. The molecule has 0 aromatic rings. The minimum atomic E-state index is -1.98. The zero-order chi connectivity index (χ0) is 40.2. The Morgan fingerprint density at radius 1 is 0.870 bits per heavy atom. The maximum Gasteiger partial charge on any atom is 0.330 e. The molecule has 4 heterocycles. The van der Waals surface area contributed by atoms with Gasteiger partial charge in [0.2, 0.25) is 0 Å². The van der Waals surface area contributed by atoms with E-state index >= 15 is 0 Å². The van der Waals surface area contributed by atoms with Crippen molar-refractivity contribution in [2.45, 2.75) is 160 Å². The Labute approximate surface area is 316 Å². The number of hydrogen-bond donors (Lipinski definition) is 4. The molecule has 4 aliphatic heterocycles. The van der Waals surface area contributed by atoms with E-state index in [0.29, 0.717) is 11.1 Å². The van der Waals surface area contributed by atoms with Gasteiger partial charge < -0.3 is 53.6 Å². The van der Waals surface area contributed by atoms with E-state index in [9.17, 15) is 39.6 Å². The van der Waals surface area contributed by atoms with Gasteiger partial charge in [-0.2, -0.15) is 0 Å². The second kappa shape index (κ2) is 17.3. The summed E-state index contributed by atoms with van der Waals surface area (Å²) in [6.07, 6.45) is -1.51. The zero-order valence-corrected chi connectivity index (χ0v) is 32.6. The van der Waals surface area contributed by atoms with Gasteiger partial charge in [0.1, 0.15) is 12.2 Å². The van der Waals surface area contributed by atoms with Gasteiger partial charge in [-0.15, -0.1) is 0 Å². The molecule has 0 aromatic carbocycles. The molecule has 0 spiro atoms. The van der Waals surface area contributed by atoms with Crippen LogP contribution in [0.25, 0.3) is 0 Å². The lowest BCUT2D eigenvalue weighted by molar-refractivity contribution is -0.348. The Balaban J connectivity index is 1.80. The maximum absolute atomic E-state index is 13.2. The van der Waals surface area contributed by atoms with E-state index in [2.05, 4.69) is 0 Å². The molecule has 4 rings (SSSR count). The Morgan fingerprint density at radius 2 is 1.48 bits per heavy atom. The molecule has 2 unspecified atom stereocenters. The number of carbonyl (C=O) groups excluding carboxylic acids is 4. The SMILES string of the molecule is COC(=O)/C=C1/C[C@H]2CC3(O)OC(C[C@@H](O)CC(=O)O[C@@H]([C@@H](C)O)C[C@@H]4C/C(=C\C(=O)OC)C[C@@](O)(O4)C(C)(C)/C=C/[C@@H](C1)O2)C[C@H](OC(C)=O)C3(C)C. The third-order valence-corrected chi connectivity index (χ3v) is 11.1. The molecular weight excluding hydrogens is 708 g/mol. The van der Waals surface area contributed by atoms with E-state index in [4.69, 9.17) is 33.2 Å². The van der Waals surface area contributed by atoms with Crippen molar-refractivity contribution in [2.75, 3.05) is 14.2 Å². The molecule has 54 heavy (non-hydrogen) atoms. The molecule has 15 heteroatoms. The van der Waals surface area contributed by atoms with Crippen LogP contribution in [0.1, 0.15) is 99.3 Å². The molecule has 6 bridgehead atoms. The number of fused-ring (bicyclic) bond motifs is 6. The first-order valence-electron chi connectivity index (χ1n) is 18.5. The van der Waals surface area contributed by atoms with Crippen LogP contribution in [0.4, 0.5) is 0 Å². The molecular formula is C39H58O15. The summed E-state index contributed by atoms with van der Waals surface area (Å²) in [4.78, 5) is 50.1. The van der Waals surface area contributed by atoms with Gasteiger partial charge in [0.15, 0.2) is 11.6 Å². The van der Waals surface area contributed by atoms with Crippen LogP contribution in [0.2, 0.25) is 0 Å². The van der Waals surface area contributed by atoms with E-state index in [1.54, 1.807) is 39.8 Å². The van der Waals surface area contributed by atoms with Crippen molar-refractivity contribution in [1.82, 2.24) is 0 Å². The lowest BCUT2D eigenvalue weighted by atomic mass is 9.70. The topological polar surface area (TPSA) is 214 Å². The Hall–Kier alpha value is -3.18. The van der Waals surface area contributed by atoms with Gasteiger partial charge >= 0.3 is 23.9 Å². The fourth-order valence-electron chi connectivity index (χ4n) is 7.73. The normalized spacial score (nSPS) is 38.7. The number of cyclic esters (lactones) is 1. The van der Waals surface area contributed by atoms with Crippen molar-refractivity contribution in [2.24, 2.45) is 10.8 Å². The van der Waals surface area contributed by atoms with Gasteiger partial charge in [0.05, 0.1) is 62.7 Å². The minimum absolute atomic E-state index is 0.0624. The molecule has 10 atom stereocenters. The van der Waals surface area contributed by atoms with Crippen molar-refractivity contribution >= 4 is 23.9 Å². The third-order valence-electron chi connectivity index (χ3n) is 11.1. The highest BCUT2D eigenvalue weighted by molar-refractivity contribution is 5.83. The largest absolute Gasteiger partial charge is 0.466 e. The van der Waals surface area contributed by atoms with Crippen LogP contribution in [-0.4, -0.2) is 119 Å². The highest BCUT2D eigenvalue weighted by atomic mass is 16.6. The van der Waals surface area contributed by atoms with Crippen molar-refractivity contribution in [1.29, 1.82) is 0 Å². The Morgan fingerprint density at radius 3 is 2.09 bits per heavy atom. The fourth-order valence-corrected chi connectivity index (χ4v) is 7.73. The highest BCUT2D eigenvalue weighted by Crippen LogP contribution is 2.50. The summed E-state index contributed by atoms with van der Waals surface area (Å²) in [5.74, 6) is -6.48. The van der Waals surface area contributed by atoms with Crippen LogP contribution in [0.5, 0.6) is 0 Å². The van der Waals surface area contributed by atoms with Gasteiger partial charge in [-0.25, -0.2) is 9.59 Å². The predicted octanol–water partition coefficient (Wildman–Crippen LogP) is 2.85. The second-order valence-electron chi connectivity index (χ2n) is 16.2. The second-order valence-corrected chi connectivity index (χ2v) is 16.2. The monoisotopic (exact) mass is 766 g/mol. The number of hydrogen-bond acceptors (Lipinski definition) is 15. The maximum atomic E-state index is 13.2. The predicted molar refractivity (Wildman–Crippen MR) is 190 cm³/mol. The number of aliphatic hydroxyl groups is 4. The summed E-state index contributed by atoms with van der Waals surface area (Å²) < 4.78 is 40.3.